The fourth-order valence-corrected chi connectivity index (χ4v) is 7.33. The molecule has 0 spiro atoms. The molecular weight excluding hydrogens is 613 g/mol. The molecule has 0 amide bonds. The van der Waals surface area contributed by atoms with E-state index < -0.39 is 40.7 Å². The molecule has 0 saturated heterocycles. The minimum atomic E-state index is -4.69. The van der Waals surface area contributed by atoms with Crippen LogP contribution in [0.5, 0.6) is 0 Å². The van der Waals surface area contributed by atoms with Crippen molar-refractivity contribution >= 4 is 73.4 Å². The molecule has 0 aliphatic carbocycles. The van der Waals surface area contributed by atoms with Crippen molar-refractivity contribution in [3.63, 3.8) is 0 Å². The van der Waals surface area contributed by atoms with Gasteiger partial charge in [-0.2, -0.15) is 0 Å². The van der Waals surface area contributed by atoms with E-state index in [4.69, 9.17) is 8.56 Å². The van der Waals surface area contributed by atoms with E-state index in [1.54, 1.807) is 110 Å². The number of rotatable bonds is 6. The summed E-state index contributed by atoms with van der Waals surface area (Å²) >= 11 is -4.69. The van der Waals surface area contributed by atoms with Crippen LogP contribution < -0.4 is 0 Å². The van der Waals surface area contributed by atoms with E-state index in [0.717, 1.165) is 16.2 Å². The molecule has 3 aromatic heterocycles. The first-order valence-corrected chi connectivity index (χ1v) is 16.3. The fraction of sp³-hybridized carbons (Fsp3) is 0. The van der Waals surface area contributed by atoms with Crippen molar-refractivity contribution in [2.45, 2.75) is 0 Å². The Hall–Kier alpha value is -4.83. The van der Waals surface area contributed by atoms with Gasteiger partial charge in [-0.05, 0) is 0 Å². The normalized spacial score (nSPS) is 10.8. The van der Waals surface area contributed by atoms with Gasteiger partial charge in [0.2, 0.25) is 0 Å². The number of nitrogens with zero attached hydrogens (tertiary/aromatic N) is 3. The van der Waals surface area contributed by atoms with Gasteiger partial charge >= 0.3 is 238 Å². The molecule has 40 heavy (non-hydrogen) atoms. The Balaban J connectivity index is 1.34. The molecule has 6 aromatic rings. The van der Waals surface area contributed by atoms with Gasteiger partial charge in [-0.25, -0.2) is 0 Å². The Labute approximate surface area is 236 Å². The molecule has 0 bridgehead atoms. The third-order valence-corrected chi connectivity index (χ3v) is 9.65. The van der Waals surface area contributed by atoms with Gasteiger partial charge in [0.25, 0.3) is 0 Å². The van der Waals surface area contributed by atoms with E-state index in [-0.39, 0.29) is 16.7 Å². The Bertz CT molecular complexity index is 1690. The number of benzene rings is 3. The molecule has 9 nitrogen and oxygen atoms in total. The number of carbonyl (C=O) groups excluding carboxylic acids is 3. The van der Waals surface area contributed by atoms with Crippen molar-refractivity contribution in [2.75, 3.05) is 0 Å². The van der Waals surface area contributed by atoms with E-state index in [1.165, 1.54) is 0 Å². The third-order valence-electron chi connectivity index (χ3n) is 6.17. The van der Waals surface area contributed by atoms with E-state index in [0.29, 0.717) is 16.6 Å². The summed E-state index contributed by atoms with van der Waals surface area (Å²) in [5.74, 6) is -2.42. The molecule has 0 saturated carbocycles. The number of carbonyl (C=O) groups is 3. The van der Waals surface area contributed by atoms with Crippen molar-refractivity contribution < 1.29 is 22.9 Å². The molecule has 0 aliphatic rings. The summed E-state index contributed by atoms with van der Waals surface area (Å²) in [5, 5.41) is 2.17. The van der Waals surface area contributed by atoms with Gasteiger partial charge in [0.1, 0.15) is 0 Å². The predicted octanol–water partition coefficient (Wildman–Crippen LogP) is 5.19. The molecule has 3 heterocycles. The zero-order valence-corrected chi connectivity index (χ0v) is 24.1. The number of hydrogen-bond donors (Lipinski definition) is 0. The van der Waals surface area contributed by atoms with Crippen LogP contribution in [0.4, 0.5) is 0 Å². The number of fused-ring (bicyclic) bond motifs is 3. The molecule has 192 valence electrons. The summed E-state index contributed by atoms with van der Waals surface area (Å²) in [6.07, 6.45) is 4.67. The first-order valence-electron chi connectivity index (χ1n) is 12.2. The monoisotopic (exact) mass is 631 g/mol. The van der Waals surface area contributed by atoms with Crippen LogP contribution in [0.25, 0.3) is 32.7 Å². The van der Waals surface area contributed by atoms with Crippen LogP contribution in [-0.2, 0) is 8.56 Å². The maximum absolute atomic E-state index is 13.3. The Kier molecular flexibility index (Phi) is 7.07. The van der Waals surface area contributed by atoms with Gasteiger partial charge < -0.3 is 0 Å². The second-order valence-corrected chi connectivity index (χ2v) is 12.3. The summed E-state index contributed by atoms with van der Waals surface area (Å²) in [5.41, 5.74) is 1.71. The van der Waals surface area contributed by atoms with Crippen molar-refractivity contribution in [1.82, 2.24) is 15.0 Å². The standard InChI is InChI=1S/3C10H7NO2.In/c3*12-10(13)8-5-1-3-7-4-2-6-11-9(7)8;/h3*1-6H,(H,12,13);/q;;;+3/p-3. The zero-order chi connectivity index (χ0) is 27.5. The zero-order valence-electron chi connectivity index (χ0n) is 20.8. The Morgan fingerprint density at radius 3 is 1.07 bits per heavy atom. The number of hydrogen-bond acceptors (Lipinski definition) is 9. The quantitative estimate of drug-likeness (QED) is 0.245. The van der Waals surface area contributed by atoms with Crippen molar-refractivity contribution in [3.8, 4) is 0 Å². The van der Waals surface area contributed by atoms with Crippen LogP contribution in [0.1, 0.15) is 31.1 Å². The van der Waals surface area contributed by atoms with E-state index in [1.807, 2.05) is 0 Å². The Morgan fingerprint density at radius 1 is 0.450 bits per heavy atom. The van der Waals surface area contributed by atoms with Crippen LogP contribution in [-0.4, -0.2) is 55.6 Å². The first kappa shape index (κ1) is 25.4. The first-order chi connectivity index (χ1) is 19.6. The Morgan fingerprint density at radius 2 is 0.750 bits per heavy atom. The molecule has 3 aromatic carbocycles. The second-order valence-electron chi connectivity index (χ2n) is 8.65. The molecule has 0 aliphatic heterocycles. The van der Waals surface area contributed by atoms with Gasteiger partial charge in [0, 0.05) is 0 Å². The average molecular weight is 631 g/mol. The van der Waals surface area contributed by atoms with Crippen LogP contribution >= 0.6 is 0 Å². The molecule has 0 fully saturated rings. The van der Waals surface area contributed by atoms with Gasteiger partial charge in [0.15, 0.2) is 0 Å². The molecule has 10 heteroatoms. The molecule has 0 radical (unpaired) electrons. The van der Waals surface area contributed by atoms with Crippen molar-refractivity contribution in [3.05, 3.63) is 126 Å². The number of pyridine rings is 3. The molecule has 6 rings (SSSR count). The maximum atomic E-state index is 13.3. The van der Waals surface area contributed by atoms with Crippen LogP contribution in [0, 0.1) is 0 Å². The SMILES string of the molecule is O=C([O][In]([O]C(=O)c1cccc2cccnc12)[O]C(=O)c1cccc2cccnc12)c1cccc2cccnc12. The van der Waals surface area contributed by atoms with E-state index in [2.05, 4.69) is 15.0 Å². The summed E-state index contributed by atoms with van der Waals surface area (Å²) in [6, 6.07) is 25.8. The van der Waals surface area contributed by atoms with Crippen LogP contribution in [0.2, 0.25) is 0 Å². The van der Waals surface area contributed by atoms with Crippen LogP contribution in [0.3, 0.4) is 0 Å². The third kappa shape index (κ3) is 5.08. The average Bonchev–Trinajstić information content (AvgIpc) is 3.00. The molecule has 0 N–H and O–H groups in total. The van der Waals surface area contributed by atoms with E-state index in [9.17, 15) is 14.4 Å². The molecule has 0 atom stereocenters. The van der Waals surface area contributed by atoms with Crippen molar-refractivity contribution in [2.24, 2.45) is 0 Å². The van der Waals surface area contributed by atoms with Gasteiger partial charge in [-0.1, -0.05) is 0 Å². The number of para-hydroxylation sites is 3. The predicted molar refractivity (Wildman–Crippen MR) is 147 cm³/mol. The number of aromatic nitrogens is 3. The van der Waals surface area contributed by atoms with Gasteiger partial charge in [0.05, 0.1) is 0 Å². The summed E-state index contributed by atoms with van der Waals surface area (Å²) in [6.45, 7) is 0. The van der Waals surface area contributed by atoms with Gasteiger partial charge in [-0.3, -0.25) is 0 Å². The topological polar surface area (TPSA) is 118 Å². The fourth-order valence-electron chi connectivity index (χ4n) is 4.33. The molecular formula is C30H18InN3O6. The van der Waals surface area contributed by atoms with Gasteiger partial charge in [-0.15, -0.1) is 0 Å². The summed E-state index contributed by atoms with van der Waals surface area (Å²) < 4.78 is 17.0. The minimum absolute atomic E-state index is 0.158. The summed E-state index contributed by atoms with van der Waals surface area (Å²) in [7, 11) is 0. The van der Waals surface area contributed by atoms with E-state index >= 15 is 0 Å². The van der Waals surface area contributed by atoms with Crippen molar-refractivity contribution in [1.29, 1.82) is 0 Å². The molecule has 0 unspecified atom stereocenters. The van der Waals surface area contributed by atoms with Crippen LogP contribution in [0.15, 0.2) is 110 Å². The summed E-state index contributed by atoms with van der Waals surface area (Å²) in [4.78, 5) is 52.8. The second kappa shape index (κ2) is 11.1.